The van der Waals surface area contributed by atoms with Crippen LogP contribution in [0.2, 0.25) is 0 Å². The number of aromatic nitrogens is 1. The average molecular weight is 200 g/mol. The van der Waals surface area contributed by atoms with Crippen molar-refractivity contribution < 1.29 is 4.79 Å². The Hall–Kier alpha value is -1.10. The van der Waals surface area contributed by atoms with Gasteiger partial charge in [-0.3, -0.25) is 9.59 Å². The van der Waals surface area contributed by atoms with Gasteiger partial charge in [-0.1, -0.05) is 11.3 Å². The lowest BCUT2D eigenvalue weighted by Crippen LogP contribution is -2.24. The molecule has 0 saturated carbocycles. The fraction of sp³-hybridized carbons (Fsp3) is 0.500. The fourth-order valence-electron chi connectivity index (χ4n) is 0.896. The Kier molecular flexibility index (Phi) is 3.25. The van der Waals surface area contributed by atoms with Crippen molar-refractivity contribution in [1.29, 1.82) is 0 Å². The Morgan fingerprint density at radius 1 is 1.62 bits per heavy atom. The number of thiazole rings is 1. The van der Waals surface area contributed by atoms with Crippen molar-refractivity contribution in [3.05, 3.63) is 21.2 Å². The normalized spacial score (nSPS) is 10.0. The van der Waals surface area contributed by atoms with E-state index in [1.807, 2.05) is 0 Å². The molecule has 1 rings (SSSR count). The second kappa shape index (κ2) is 4.23. The molecule has 0 aliphatic heterocycles. The van der Waals surface area contributed by atoms with E-state index in [9.17, 15) is 9.59 Å². The molecule has 1 amide bonds. The van der Waals surface area contributed by atoms with Crippen molar-refractivity contribution in [1.82, 2.24) is 9.47 Å². The summed E-state index contributed by atoms with van der Waals surface area (Å²) in [5.74, 6) is 0.0399. The van der Waals surface area contributed by atoms with Gasteiger partial charge in [-0.15, -0.1) is 0 Å². The van der Waals surface area contributed by atoms with Crippen molar-refractivity contribution in [2.75, 3.05) is 14.1 Å². The van der Waals surface area contributed by atoms with Gasteiger partial charge in [0, 0.05) is 38.6 Å². The van der Waals surface area contributed by atoms with Crippen LogP contribution in [0.15, 0.2) is 16.4 Å². The molecule has 5 heteroatoms. The molecule has 0 aliphatic rings. The van der Waals surface area contributed by atoms with E-state index in [1.165, 1.54) is 4.90 Å². The third-order valence-electron chi connectivity index (χ3n) is 1.71. The Balaban J connectivity index is 2.49. The van der Waals surface area contributed by atoms with Crippen LogP contribution in [0.5, 0.6) is 0 Å². The van der Waals surface area contributed by atoms with Crippen molar-refractivity contribution in [3.63, 3.8) is 0 Å². The third kappa shape index (κ3) is 2.69. The van der Waals surface area contributed by atoms with Gasteiger partial charge in [0.05, 0.1) is 0 Å². The van der Waals surface area contributed by atoms with Crippen LogP contribution in [-0.4, -0.2) is 29.5 Å². The first kappa shape index (κ1) is 9.98. The Labute approximate surface area is 80.4 Å². The topological polar surface area (TPSA) is 42.3 Å². The van der Waals surface area contributed by atoms with Gasteiger partial charge in [-0.2, -0.15) is 0 Å². The van der Waals surface area contributed by atoms with Crippen LogP contribution < -0.4 is 4.87 Å². The van der Waals surface area contributed by atoms with Crippen LogP contribution in [0.1, 0.15) is 6.42 Å². The molecule has 1 aromatic rings. The summed E-state index contributed by atoms with van der Waals surface area (Å²) in [5, 5.41) is 1.72. The van der Waals surface area contributed by atoms with Crippen LogP contribution in [0.4, 0.5) is 0 Å². The number of hydrogen-bond acceptors (Lipinski definition) is 3. The molecule has 0 radical (unpaired) electrons. The van der Waals surface area contributed by atoms with Crippen LogP contribution in [0, 0.1) is 0 Å². The molecular weight excluding hydrogens is 188 g/mol. The minimum Gasteiger partial charge on any atom is -0.349 e. The van der Waals surface area contributed by atoms with Crippen LogP contribution in [-0.2, 0) is 11.3 Å². The maximum Gasteiger partial charge on any atom is 0.307 e. The molecule has 0 unspecified atom stereocenters. The third-order valence-corrected chi connectivity index (χ3v) is 2.40. The van der Waals surface area contributed by atoms with E-state index in [0.717, 1.165) is 11.3 Å². The minimum atomic E-state index is -0.00782. The molecule has 0 spiro atoms. The summed E-state index contributed by atoms with van der Waals surface area (Å²) < 4.78 is 1.55. The van der Waals surface area contributed by atoms with E-state index in [1.54, 1.807) is 30.2 Å². The number of hydrogen-bond donors (Lipinski definition) is 0. The highest BCUT2D eigenvalue weighted by Gasteiger charge is 2.04. The zero-order chi connectivity index (χ0) is 9.84. The Morgan fingerprint density at radius 2 is 2.31 bits per heavy atom. The molecule has 13 heavy (non-hydrogen) atoms. The van der Waals surface area contributed by atoms with E-state index in [-0.39, 0.29) is 10.8 Å². The molecule has 0 fully saturated rings. The van der Waals surface area contributed by atoms with Gasteiger partial charge >= 0.3 is 4.87 Å². The lowest BCUT2D eigenvalue weighted by Gasteiger charge is -2.09. The fourth-order valence-corrected chi connectivity index (χ4v) is 1.51. The second-order valence-electron chi connectivity index (χ2n) is 2.90. The monoisotopic (exact) mass is 200 g/mol. The predicted molar refractivity (Wildman–Crippen MR) is 51.9 cm³/mol. The largest absolute Gasteiger partial charge is 0.349 e. The van der Waals surface area contributed by atoms with E-state index in [2.05, 4.69) is 0 Å². The molecule has 0 saturated heterocycles. The average Bonchev–Trinajstić information content (AvgIpc) is 2.47. The molecule has 0 aliphatic carbocycles. The highest BCUT2D eigenvalue weighted by atomic mass is 32.1. The van der Waals surface area contributed by atoms with Gasteiger partial charge in [0.25, 0.3) is 0 Å². The first-order chi connectivity index (χ1) is 6.11. The van der Waals surface area contributed by atoms with Gasteiger partial charge in [-0.25, -0.2) is 0 Å². The van der Waals surface area contributed by atoms with Gasteiger partial charge in [0.1, 0.15) is 0 Å². The van der Waals surface area contributed by atoms with Gasteiger partial charge in [0.15, 0.2) is 0 Å². The molecule has 0 N–H and O–H groups in total. The van der Waals surface area contributed by atoms with Crippen LogP contribution >= 0.6 is 11.3 Å². The maximum atomic E-state index is 11.2. The quantitative estimate of drug-likeness (QED) is 0.708. The lowest BCUT2D eigenvalue weighted by atomic mass is 10.4. The second-order valence-corrected chi connectivity index (χ2v) is 3.76. The zero-order valence-corrected chi connectivity index (χ0v) is 8.50. The molecule has 72 valence electrons. The highest BCUT2D eigenvalue weighted by Crippen LogP contribution is 1.94. The summed E-state index contributed by atoms with van der Waals surface area (Å²) in [4.78, 5) is 23.7. The van der Waals surface area contributed by atoms with Crippen LogP contribution in [0.25, 0.3) is 0 Å². The van der Waals surface area contributed by atoms with Crippen LogP contribution in [0.3, 0.4) is 0 Å². The number of amides is 1. The van der Waals surface area contributed by atoms with Crippen molar-refractivity contribution >= 4 is 17.2 Å². The molecular formula is C8H12N2O2S. The number of nitrogens with zero attached hydrogens (tertiary/aromatic N) is 2. The minimum absolute atomic E-state index is 0.00782. The lowest BCUT2D eigenvalue weighted by molar-refractivity contribution is -0.128. The zero-order valence-electron chi connectivity index (χ0n) is 7.69. The summed E-state index contributed by atoms with van der Waals surface area (Å²) in [6, 6.07) is 0. The Morgan fingerprint density at radius 3 is 2.77 bits per heavy atom. The SMILES string of the molecule is CN(C)C(=O)CCn1ccsc1=O. The highest BCUT2D eigenvalue weighted by molar-refractivity contribution is 7.07. The predicted octanol–water partition coefficient (Wildman–Crippen LogP) is 0.388. The standard InChI is InChI=1S/C8H12N2O2S/c1-9(2)7(11)3-4-10-5-6-13-8(10)12/h5-6H,3-4H2,1-2H3. The number of carbonyl (C=O) groups is 1. The number of carbonyl (C=O) groups excluding carboxylic acids is 1. The Bertz CT molecular complexity index is 340. The van der Waals surface area contributed by atoms with Crippen molar-refractivity contribution in [3.8, 4) is 0 Å². The number of aryl methyl sites for hydroxylation is 1. The molecule has 0 aromatic carbocycles. The summed E-state index contributed by atoms with van der Waals surface area (Å²) in [7, 11) is 3.41. The van der Waals surface area contributed by atoms with Crippen molar-refractivity contribution in [2.24, 2.45) is 0 Å². The smallest absolute Gasteiger partial charge is 0.307 e. The first-order valence-corrected chi connectivity index (χ1v) is 4.83. The van der Waals surface area contributed by atoms with E-state index in [4.69, 9.17) is 0 Å². The summed E-state index contributed by atoms with van der Waals surface area (Å²) in [6.45, 7) is 0.472. The van der Waals surface area contributed by atoms with Gasteiger partial charge in [-0.05, 0) is 0 Å². The van der Waals surface area contributed by atoms with Gasteiger partial charge < -0.3 is 9.47 Å². The summed E-state index contributed by atoms with van der Waals surface area (Å²) in [6.07, 6.45) is 2.08. The van der Waals surface area contributed by atoms with Gasteiger partial charge in [0.2, 0.25) is 5.91 Å². The molecule has 0 bridgehead atoms. The molecule has 1 heterocycles. The van der Waals surface area contributed by atoms with E-state index < -0.39 is 0 Å². The molecule has 4 nitrogen and oxygen atoms in total. The van der Waals surface area contributed by atoms with Crippen molar-refractivity contribution in [2.45, 2.75) is 13.0 Å². The molecule has 1 aromatic heterocycles. The van der Waals surface area contributed by atoms with E-state index in [0.29, 0.717) is 13.0 Å². The maximum absolute atomic E-state index is 11.2. The van der Waals surface area contributed by atoms with E-state index >= 15 is 0 Å². The number of rotatable bonds is 3. The summed E-state index contributed by atoms with van der Waals surface area (Å²) >= 11 is 1.15. The summed E-state index contributed by atoms with van der Waals surface area (Å²) in [5.41, 5.74) is 0. The first-order valence-electron chi connectivity index (χ1n) is 3.95. The molecule has 0 atom stereocenters.